The Bertz CT molecular complexity index is 288. The molecule has 4 nitrogen and oxygen atoms in total. The third-order valence-corrected chi connectivity index (χ3v) is 4.96. The lowest BCUT2D eigenvalue weighted by molar-refractivity contribution is -0.122. The lowest BCUT2D eigenvalue weighted by Gasteiger charge is -2.45. The Kier molecular flexibility index (Phi) is 4.88. The first kappa shape index (κ1) is 15.2. The van der Waals surface area contributed by atoms with Crippen molar-refractivity contribution < 1.29 is 9.47 Å². The van der Waals surface area contributed by atoms with Crippen molar-refractivity contribution in [2.24, 2.45) is 11.8 Å². The molecule has 0 radical (unpaired) electrons. The Morgan fingerprint density at radius 1 is 1.42 bits per heavy atom. The Balaban J connectivity index is 2.05. The van der Waals surface area contributed by atoms with Crippen LogP contribution in [0.4, 0.5) is 0 Å². The van der Waals surface area contributed by atoms with Gasteiger partial charge in [0.1, 0.15) is 0 Å². The number of hydrogen-bond donors (Lipinski definition) is 2. The number of hydrazine groups is 1. The highest BCUT2D eigenvalue weighted by Gasteiger charge is 2.45. The fraction of sp³-hybridized carbons (Fsp3) is 1.00. The zero-order chi connectivity index (χ0) is 13.9. The van der Waals surface area contributed by atoms with E-state index in [1.54, 1.807) is 0 Å². The number of hydrogen-bond acceptors (Lipinski definition) is 4. The zero-order valence-corrected chi connectivity index (χ0v) is 12.7. The van der Waals surface area contributed by atoms with Crippen LogP contribution in [0.2, 0.25) is 0 Å². The monoisotopic (exact) mass is 270 g/mol. The molecule has 0 aromatic rings. The second kappa shape index (κ2) is 6.08. The summed E-state index contributed by atoms with van der Waals surface area (Å²) in [5.41, 5.74) is 2.93. The van der Waals surface area contributed by atoms with Gasteiger partial charge in [-0.25, -0.2) is 0 Å². The summed E-state index contributed by atoms with van der Waals surface area (Å²) in [7, 11) is 0. The highest BCUT2D eigenvalue weighted by Crippen LogP contribution is 2.44. The van der Waals surface area contributed by atoms with E-state index in [1.165, 1.54) is 25.7 Å². The smallest absolute Gasteiger partial charge is 0.0794 e. The topological polar surface area (TPSA) is 56.5 Å². The molecule has 19 heavy (non-hydrogen) atoms. The molecule has 2 rings (SSSR count). The van der Waals surface area contributed by atoms with Crippen molar-refractivity contribution in [1.29, 1.82) is 0 Å². The van der Waals surface area contributed by atoms with Gasteiger partial charge >= 0.3 is 0 Å². The lowest BCUT2D eigenvalue weighted by atomic mass is 9.76. The Morgan fingerprint density at radius 3 is 2.68 bits per heavy atom. The van der Waals surface area contributed by atoms with Crippen LogP contribution < -0.4 is 11.3 Å². The van der Waals surface area contributed by atoms with Crippen LogP contribution >= 0.6 is 0 Å². The highest BCUT2D eigenvalue weighted by atomic mass is 16.5. The minimum atomic E-state index is -0.231. The molecule has 0 aromatic heterocycles. The maximum Gasteiger partial charge on any atom is 0.0794 e. The number of nitrogens with two attached hydrogens (primary N) is 1. The third-order valence-electron chi connectivity index (χ3n) is 4.96. The Labute approximate surface area is 117 Å². The standard InChI is InChI=1S/C15H30N2O2/c1-4-18-14(2,3)13(17-16)12-7-10-19-15(11-12)8-5-6-9-15/h12-13,17H,4-11,16H2,1-3H3. The predicted molar refractivity (Wildman–Crippen MR) is 76.7 cm³/mol. The Hall–Kier alpha value is -0.160. The van der Waals surface area contributed by atoms with Gasteiger partial charge in [0, 0.05) is 13.2 Å². The quantitative estimate of drug-likeness (QED) is 0.595. The second-order valence-corrected chi connectivity index (χ2v) is 6.67. The van der Waals surface area contributed by atoms with Gasteiger partial charge in [-0.15, -0.1) is 0 Å². The molecule has 2 fully saturated rings. The fourth-order valence-corrected chi connectivity index (χ4v) is 4.08. The van der Waals surface area contributed by atoms with Crippen LogP contribution in [0.1, 0.15) is 59.3 Å². The van der Waals surface area contributed by atoms with E-state index in [4.69, 9.17) is 15.3 Å². The van der Waals surface area contributed by atoms with Gasteiger partial charge in [0.15, 0.2) is 0 Å². The summed E-state index contributed by atoms with van der Waals surface area (Å²) < 4.78 is 12.0. The highest BCUT2D eigenvalue weighted by molar-refractivity contribution is 4.98. The first-order valence-electron chi connectivity index (χ1n) is 7.77. The predicted octanol–water partition coefficient (Wildman–Crippen LogP) is 2.37. The van der Waals surface area contributed by atoms with Gasteiger partial charge in [-0.2, -0.15) is 0 Å². The van der Waals surface area contributed by atoms with Gasteiger partial charge in [-0.05, 0) is 52.4 Å². The lowest BCUT2D eigenvalue weighted by Crippen LogP contribution is -2.58. The van der Waals surface area contributed by atoms with Crippen molar-refractivity contribution in [2.45, 2.75) is 76.5 Å². The van der Waals surface area contributed by atoms with Crippen LogP contribution in [0, 0.1) is 5.92 Å². The first-order chi connectivity index (χ1) is 9.03. The molecule has 112 valence electrons. The van der Waals surface area contributed by atoms with E-state index in [0.717, 1.165) is 26.1 Å². The van der Waals surface area contributed by atoms with E-state index in [0.29, 0.717) is 5.92 Å². The minimum absolute atomic E-state index is 0.139. The van der Waals surface area contributed by atoms with E-state index in [9.17, 15) is 0 Å². The molecule has 2 atom stereocenters. The van der Waals surface area contributed by atoms with Crippen molar-refractivity contribution in [3.63, 3.8) is 0 Å². The van der Waals surface area contributed by atoms with Crippen molar-refractivity contribution in [3.8, 4) is 0 Å². The molecule has 0 amide bonds. The normalized spacial score (nSPS) is 28.7. The first-order valence-corrected chi connectivity index (χ1v) is 7.77. The summed E-state index contributed by atoms with van der Waals surface area (Å²) >= 11 is 0. The molecule has 3 N–H and O–H groups in total. The van der Waals surface area contributed by atoms with E-state index >= 15 is 0 Å². The average molecular weight is 270 g/mol. The summed E-state index contributed by atoms with van der Waals surface area (Å²) in [5, 5.41) is 0. The molecule has 1 spiro atoms. The van der Waals surface area contributed by atoms with Crippen LogP contribution in [-0.2, 0) is 9.47 Å². The summed E-state index contributed by atoms with van der Waals surface area (Å²) in [6.07, 6.45) is 7.25. The van der Waals surface area contributed by atoms with Crippen molar-refractivity contribution >= 4 is 0 Å². The largest absolute Gasteiger partial charge is 0.375 e. The Morgan fingerprint density at radius 2 is 2.11 bits per heavy atom. The summed E-state index contributed by atoms with van der Waals surface area (Å²) in [6, 6.07) is 0.189. The number of ether oxygens (including phenoxy) is 2. The van der Waals surface area contributed by atoms with Gasteiger partial charge in [0.25, 0.3) is 0 Å². The van der Waals surface area contributed by atoms with Crippen molar-refractivity contribution in [3.05, 3.63) is 0 Å². The fourth-order valence-electron chi connectivity index (χ4n) is 4.08. The molecular formula is C15H30N2O2. The number of rotatable bonds is 5. The van der Waals surface area contributed by atoms with Crippen molar-refractivity contribution in [1.82, 2.24) is 5.43 Å². The molecule has 4 heteroatoms. The average Bonchev–Trinajstić information content (AvgIpc) is 2.77. The molecule has 1 saturated heterocycles. The van der Waals surface area contributed by atoms with Gasteiger partial charge in [0.05, 0.1) is 17.2 Å². The number of nitrogens with one attached hydrogen (secondary N) is 1. The maximum absolute atomic E-state index is 6.11. The summed E-state index contributed by atoms with van der Waals surface area (Å²) in [5.74, 6) is 6.38. The van der Waals surface area contributed by atoms with Crippen LogP contribution in [0.25, 0.3) is 0 Å². The summed E-state index contributed by atoms with van der Waals surface area (Å²) in [6.45, 7) is 7.90. The second-order valence-electron chi connectivity index (χ2n) is 6.67. The van der Waals surface area contributed by atoms with Gasteiger partial charge in [-0.3, -0.25) is 11.3 Å². The summed E-state index contributed by atoms with van der Waals surface area (Å²) in [4.78, 5) is 0. The zero-order valence-electron chi connectivity index (χ0n) is 12.7. The molecule has 0 bridgehead atoms. The molecular weight excluding hydrogens is 240 g/mol. The van der Waals surface area contributed by atoms with E-state index in [2.05, 4.69) is 19.3 Å². The van der Waals surface area contributed by atoms with Crippen LogP contribution in [0.15, 0.2) is 0 Å². The van der Waals surface area contributed by atoms with E-state index in [1.807, 2.05) is 6.92 Å². The molecule has 2 unspecified atom stereocenters. The van der Waals surface area contributed by atoms with Gasteiger partial charge < -0.3 is 9.47 Å². The molecule has 1 aliphatic heterocycles. The van der Waals surface area contributed by atoms with Crippen LogP contribution in [0.3, 0.4) is 0 Å². The molecule has 1 aliphatic carbocycles. The van der Waals surface area contributed by atoms with Crippen LogP contribution in [0.5, 0.6) is 0 Å². The van der Waals surface area contributed by atoms with Crippen LogP contribution in [-0.4, -0.2) is 30.5 Å². The SMILES string of the molecule is CCOC(C)(C)C(NN)C1CCOC2(CCCC2)C1. The third kappa shape index (κ3) is 3.30. The molecule has 2 aliphatic rings. The van der Waals surface area contributed by atoms with Gasteiger partial charge in [0.2, 0.25) is 0 Å². The molecule has 1 heterocycles. The maximum atomic E-state index is 6.11. The molecule has 0 aromatic carbocycles. The molecule has 1 saturated carbocycles. The minimum Gasteiger partial charge on any atom is -0.375 e. The van der Waals surface area contributed by atoms with Gasteiger partial charge in [-0.1, -0.05) is 12.8 Å². The van der Waals surface area contributed by atoms with E-state index in [-0.39, 0.29) is 17.2 Å². The van der Waals surface area contributed by atoms with E-state index < -0.39 is 0 Å². The van der Waals surface area contributed by atoms with Crippen molar-refractivity contribution in [2.75, 3.05) is 13.2 Å².